The molecule has 6 heteroatoms. The first-order valence-electron chi connectivity index (χ1n) is 7.95. The number of hydrogen-bond acceptors (Lipinski definition) is 5. The third-order valence-corrected chi connectivity index (χ3v) is 4.61. The summed E-state index contributed by atoms with van der Waals surface area (Å²) >= 11 is 1.63. The molecule has 0 radical (unpaired) electrons. The lowest BCUT2D eigenvalue weighted by molar-refractivity contribution is 0.318. The minimum Gasteiger partial charge on any atom is -0.496 e. The van der Waals surface area contributed by atoms with Crippen LogP contribution >= 0.6 is 11.8 Å². The Kier molecular flexibility index (Phi) is 5.25. The van der Waals surface area contributed by atoms with Crippen molar-refractivity contribution in [1.82, 2.24) is 15.0 Å². The first kappa shape index (κ1) is 16.6. The van der Waals surface area contributed by atoms with Gasteiger partial charge >= 0.3 is 0 Å². The Balaban J connectivity index is 1.73. The number of methoxy groups -OCH3 is 1. The number of nitrogens with zero attached hydrogens (tertiary/aromatic N) is 2. The van der Waals surface area contributed by atoms with Crippen LogP contribution in [0.3, 0.4) is 0 Å². The molecule has 1 aromatic carbocycles. The van der Waals surface area contributed by atoms with Gasteiger partial charge in [-0.2, -0.15) is 0 Å². The monoisotopic (exact) mass is 343 g/mol. The van der Waals surface area contributed by atoms with Gasteiger partial charge in [-0.15, -0.1) is 0 Å². The van der Waals surface area contributed by atoms with E-state index in [0.29, 0.717) is 0 Å². The average molecular weight is 343 g/mol. The highest BCUT2D eigenvalue weighted by Crippen LogP contribution is 2.28. The van der Waals surface area contributed by atoms with E-state index in [1.54, 1.807) is 25.1 Å². The van der Waals surface area contributed by atoms with Crippen molar-refractivity contribution in [3.63, 3.8) is 0 Å². The predicted octanol–water partition coefficient (Wildman–Crippen LogP) is 4.36. The third-order valence-electron chi connectivity index (χ3n) is 3.73. The molecule has 0 aliphatic heterocycles. The molecule has 2 heterocycles. The van der Waals surface area contributed by atoms with Crippen molar-refractivity contribution < 1.29 is 9.47 Å². The van der Waals surface area contributed by atoms with Gasteiger partial charge in [-0.25, -0.2) is 4.98 Å². The number of nitrogens with one attached hydrogen (secondary N) is 1. The number of imidazole rings is 1. The summed E-state index contributed by atoms with van der Waals surface area (Å²) in [6.07, 6.45) is 2.77. The SMILES string of the molecule is CCCOc1ccc2[nH]c(SCc3nccc(OC)c3C)nc2c1. The maximum atomic E-state index is 5.66. The van der Waals surface area contributed by atoms with Crippen LogP contribution in [0.5, 0.6) is 11.5 Å². The molecule has 0 fully saturated rings. The number of benzene rings is 1. The lowest BCUT2D eigenvalue weighted by Crippen LogP contribution is -1.95. The molecule has 126 valence electrons. The number of rotatable bonds is 7. The molecule has 0 amide bonds. The summed E-state index contributed by atoms with van der Waals surface area (Å²) in [5.41, 5.74) is 4.00. The topological polar surface area (TPSA) is 60.0 Å². The Labute approximate surface area is 145 Å². The molecular weight excluding hydrogens is 322 g/mol. The molecule has 0 saturated carbocycles. The molecule has 0 aliphatic carbocycles. The fourth-order valence-corrected chi connectivity index (χ4v) is 3.31. The second-order valence-corrected chi connectivity index (χ2v) is 6.41. The fourth-order valence-electron chi connectivity index (χ4n) is 2.40. The number of aromatic nitrogens is 3. The van der Waals surface area contributed by atoms with E-state index in [1.165, 1.54) is 0 Å². The van der Waals surface area contributed by atoms with E-state index in [1.807, 2.05) is 31.2 Å². The van der Waals surface area contributed by atoms with E-state index in [0.717, 1.165) is 57.7 Å². The molecule has 3 aromatic rings. The molecule has 24 heavy (non-hydrogen) atoms. The van der Waals surface area contributed by atoms with Crippen molar-refractivity contribution in [1.29, 1.82) is 0 Å². The average Bonchev–Trinajstić information content (AvgIpc) is 3.01. The van der Waals surface area contributed by atoms with Gasteiger partial charge in [0.15, 0.2) is 5.16 Å². The maximum Gasteiger partial charge on any atom is 0.166 e. The molecular formula is C18H21N3O2S. The number of fused-ring (bicyclic) bond motifs is 1. The second-order valence-electron chi connectivity index (χ2n) is 5.44. The van der Waals surface area contributed by atoms with Crippen molar-refractivity contribution in [2.45, 2.75) is 31.2 Å². The van der Waals surface area contributed by atoms with Crippen LogP contribution < -0.4 is 9.47 Å². The molecule has 0 spiro atoms. The zero-order chi connectivity index (χ0) is 16.9. The Morgan fingerprint density at radius 3 is 2.92 bits per heavy atom. The van der Waals surface area contributed by atoms with Crippen molar-refractivity contribution in [2.24, 2.45) is 0 Å². The molecule has 0 aliphatic rings. The van der Waals surface area contributed by atoms with Gasteiger partial charge in [0.05, 0.1) is 30.4 Å². The van der Waals surface area contributed by atoms with Crippen molar-refractivity contribution in [3.05, 3.63) is 41.7 Å². The van der Waals surface area contributed by atoms with Crippen molar-refractivity contribution in [3.8, 4) is 11.5 Å². The summed E-state index contributed by atoms with van der Waals surface area (Å²) in [7, 11) is 1.68. The maximum absolute atomic E-state index is 5.66. The van der Waals surface area contributed by atoms with Crippen molar-refractivity contribution >= 4 is 22.8 Å². The van der Waals surface area contributed by atoms with E-state index < -0.39 is 0 Å². The highest BCUT2D eigenvalue weighted by molar-refractivity contribution is 7.98. The minimum atomic E-state index is 0.721. The normalized spacial score (nSPS) is 11.0. The van der Waals surface area contributed by atoms with Gasteiger partial charge in [-0.3, -0.25) is 4.98 Å². The lowest BCUT2D eigenvalue weighted by atomic mass is 10.2. The number of pyridine rings is 1. The van der Waals surface area contributed by atoms with Gasteiger partial charge in [0, 0.05) is 23.6 Å². The summed E-state index contributed by atoms with van der Waals surface area (Å²) in [5, 5.41) is 0.877. The summed E-state index contributed by atoms with van der Waals surface area (Å²) < 4.78 is 11.0. The fraction of sp³-hybridized carbons (Fsp3) is 0.333. The van der Waals surface area contributed by atoms with E-state index in [-0.39, 0.29) is 0 Å². The van der Waals surface area contributed by atoms with Gasteiger partial charge in [0.25, 0.3) is 0 Å². The molecule has 0 atom stereocenters. The summed E-state index contributed by atoms with van der Waals surface area (Å²) in [4.78, 5) is 12.4. The molecule has 1 N–H and O–H groups in total. The summed E-state index contributed by atoms with van der Waals surface area (Å²) in [5.74, 6) is 2.46. The van der Waals surface area contributed by atoms with Gasteiger partial charge < -0.3 is 14.5 Å². The van der Waals surface area contributed by atoms with E-state index in [2.05, 4.69) is 21.9 Å². The van der Waals surface area contributed by atoms with E-state index in [4.69, 9.17) is 9.47 Å². The van der Waals surface area contributed by atoms with Gasteiger partial charge in [0.1, 0.15) is 11.5 Å². The lowest BCUT2D eigenvalue weighted by Gasteiger charge is -2.08. The molecule has 5 nitrogen and oxygen atoms in total. The van der Waals surface area contributed by atoms with Crippen LogP contribution in [-0.4, -0.2) is 28.7 Å². The summed E-state index contributed by atoms with van der Waals surface area (Å²) in [6.45, 7) is 4.84. The van der Waals surface area contributed by atoms with Crippen LogP contribution in [0.2, 0.25) is 0 Å². The minimum absolute atomic E-state index is 0.721. The largest absolute Gasteiger partial charge is 0.496 e. The highest BCUT2D eigenvalue weighted by atomic mass is 32.2. The molecule has 2 aromatic heterocycles. The zero-order valence-corrected chi connectivity index (χ0v) is 14.9. The quantitative estimate of drug-likeness (QED) is 0.646. The Morgan fingerprint density at radius 2 is 2.12 bits per heavy atom. The van der Waals surface area contributed by atoms with Gasteiger partial charge in [0.2, 0.25) is 0 Å². The van der Waals surface area contributed by atoms with E-state index in [9.17, 15) is 0 Å². The first-order chi connectivity index (χ1) is 11.7. The predicted molar refractivity (Wildman–Crippen MR) is 97.0 cm³/mol. The van der Waals surface area contributed by atoms with Gasteiger partial charge in [-0.1, -0.05) is 18.7 Å². The number of aromatic amines is 1. The molecule has 0 unspecified atom stereocenters. The van der Waals surface area contributed by atoms with Gasteiger partial charge in [-0.05, 0) is 31.5 Å². The Bertz CT molecular complexity index is 832. The number of H-pyrrole nitrogens is 1. The molecule has 0 saturated heterocycles. The van der Waals surface area contributed by atoms with Crippen LogP contribution in [0.1, 0.15) is 24.6 Å². The first-order valence-corrected chi connectivity index (χ1v) is 8.93. The highest BCUT2D eigenvalue weighted by Gasteiger charge is 2.09. The smallest absolute Gasteiger partial charge is 0.166 e. The standard InChI is InChI=1S/C18H21N3O2S/c1-4-9-23-13-5-6-14-15(10-13)21-18(20-14)24-11-16-12(2)17(22-3)7-8-19-16/h5-8,10H,4,9,11H2,1-3H3,(H,20,21). The third kappa shape index (κ3) is 3.64. The van der Waals surface area contributed by atoms with Crippen LogP contribution in [0.15, 0.2) is 35.6 Å². The Morgan fingerprint density at radius 1 is 1.25 bits per heavy atom. The Hall–Kier alpha value is -2.21. The number of ether oxygens (including phenoxy) is 2. The zero-order valence-electron chi connectivity index (χ0n) is 14.1. The van der Waals surface area contributed by atoms with Crippen LogP contribution in [0, 0.1) is 6.92 Å². The van der Waals surface area contributed by atoms with E-state index >= 15 is 0 Å². The second kappa shape index (κ2) is 7.57. The van der Waals surface area contributed by atoms with Crippen LogP contribution in [-0.2, 0) is 5.75 Å². The number of thioether (sulfide) groups is 1. The van der Waals surface area contributed by atoms with Crippen molar-refractivity contribution in [2.75, 3.05) is 13.7 Å². The van der Waals surface area contributed by atoms with Crippen LogP contribution in [0.25, 0.3) is 11.0 Å². The number of hydrogen-bond donors (Lipinski definition) is 1. The summed E-state index contributed by atoms with van der Waals surface area (Å²) in [6, 6.07) is 7.83. The van der Waals surface area contributed by atoms with Crippen LogP contribution in [0.4, 0.5) is 0 Å². The molecule has 0 bridgehead atoms. The molecule has 3 rings (SSSR count).